The highest BCUT2D eigenvalue weighted by Gasteiger charge is 2.22. The lowest BCUT2D eigenvalue weighted by Gasteiger charge is -2.26. The summed E-state index contributed by atoms with van der Waals surface area (Å²) in [7, 11) is 0. The van der Waals surface area contributed by atoms with Crippen molar-refractivity contribution >= 4 is 37.0 Å². The fourth-order valence-electron chi connectivity index (χ4n) is 2.31. The summed E-state index contributed by atoms with van der Waals surface area (Å²) in [5.41, 5.74) is 7.23. The molecule has 1 aliphatic rings. The van der Waals surface area contributed by atoms with E-state index in [1.807, 2.05) is 0 Å². The monoisotopic (exact) mass is 338 g/mol. The van der Waals surface area contributed by atoms with E-state index in [0.29, 0.717) is 0 Å². The van der Waals surface area contributed by atoms with Crippen LogP contribution in [0.15, 0.2) is 42.5 Å². The highest BCUT2D eigenvalue weighted by atomic mass is 35.5. The molecule has 0 aliphatic heterocycles. The first-order chi connectivity index (χ1) is 9.74. The molecule has 2 aromatic rings. The molecule has 22 heavy (non-hydrogen) atoms. The zero-order valence-corrected chi connectivity index (χ0v) is 13.5. The van der Waals surface area contributed by atoms with Gasteiger partial charge in [-0.1, -0.05) is 49.4 Å². The second-order valence-corrected chi connectivity index (χ2v) is 3.94. The first-order valence-corrected chi connectivity index (χ1v) is 6.04. The molecule has 3 rings (SSSR count). The minimum atomic E-state index is 0. The molecule has 0 bridgehead atoms. The summed E-state index contributed by atoms with van der Waals surface area (Å²) >= 11 is 0. The molecule has 0 saturated carbocycles. The number of aryl methyl sites for hydroxylation is 1. The van der Waals surface area contributed by atoms with Crippen molar-refractivity contribution in [2.75, 3.05) is 0 Å². The van der Waals surface area contributed by atoms with E-state index in [1.54, 1.807) is 0 Å². The van der Waals surface area contributed by atoms with Crippen LogP contribution in [0.2, 0.25) is 0 Å². The molecule has 0 atom stereocenters. The van der Waals surface area contributed by atoms with Gasteiger partial charge >= 0.3 is 0 Å². The third kappa shape index (κ3) is 4.66. The lowest BCUT2D eigenvalue weighted by Crippen LogP contribution is -2.01. The van der Waals surface area contributed by atoms with Gasteiger partial charge in [0.25, 0.3) is 0 Å². The van der Waals surface area contributed by atoms with E-state index in [1.165, 1.54) is 27.8 Å². The summed E-state index contributed by atoms with van der Waals surface area (Å²) in [6.45, 7) is 2.22. The maximum Gasteiger partial charge on any atom is 0.231 e. The molecule has 2 N–H and O–H groups in total. The predicted octanol–water partition coefficient (Wildman–Crippen LogP) is 4.54. The van der Waals surface area contributed by atoms with Gasteiger partial charge in [0, 0.05) is 0 Å². The highest BCUT2D eigenvalue weighted by molar-refractivity contribution is 6.03. The van der Waals surface area contributed by atoms with E-state index in [4.69, 9.17) is 20.4 Å². The van der Waals surface area contributed by atoms with Crippen molar-refractivity contribution in [3.05, 3.63) is 48.0 Å². The third-order valence-corrected chi connectivity index (χ3v) is 3.02. The van der Waals surface area contributed by atoms with Gasteiger partial charge in [-0.2, -0.15) is 0 Å². The largest absolute Gasteiger partial charge is 0.231 e. The molecule has 0 aromatic heterocycles. The van der Waals surface area contributed by atoms with Crippen molar-refractivity contribution in [3.8, 4) is 22.3 Å². The first kappa shape index (κ1) is 22.1. The van der Waals surface area contributed by atoms with Crippen LogP contribution >= 0.6 is 24.8 Å². The lowest BCUT2D eigenvalue weighted by atomic mass is 9.77. The van der Waals surface area contributed by atoms with E-state index >= 15 is 0 Å². The van der Waals surface area contributed by atoms with E-state index in [-0.39, 0.29) is 24.8 Å². The summed E-state index contributed by atoms with van der Waals surface area (Å²) in [5, 5.41) is 10.8. The van der Waals surface area contributed by atoms with E-state index in [2.05, 4.69) is 49.4 Å². The van der Waals surface area contributed by atoms with Gasteiger partial charge in [-0.15, -0.1) is 24.8 Å². The zero-order chi connectivity index (χ0) is 15.0. The molecule has 0 amide bonds. The molecule has 0 spiro atoms. The van der Waals surface area contributed by atoms with E-state index < -0.39 is 0 Å². The Morgan fingerprint density at radius 2 is 1.27 bits per heavy atom. The molecule has 0 saturated heterocycles. The van der Waals surface area contributed by atoms with Gasteiger partial charge in [-0.25, -0.2) is 20.4 Å². The maximum absolute atomic E-state index is 8.35. The summed E-state index contributed by atoms with van der Waals surface area (Å²) in [6.07, 6.45) is 2.62. The number of nitrogens with one attached hydrogen (secondary N) is 2. The molecule has 0 heterocycles. The molecule has 116 valence electrons. The second-order valence-electron chi connectivity index (χ2n) is 3.94. The van der Waals surface area contributed by atoms with Crippen LogP contribution in [0.25, 0.3) is 22.3 Å². The lowest BCUT2D eigenvalue weighted by molar-refractivity contribution is 0.562. The van der Waals surface area contributed by atoms with Crippen LogP contribution in [0.4, 0.5) is 0 Å². The summed E-state index contributed by atoms with van der Waals surface area (Å²) in [4.78, 5) is 16.7. The van der Waals surface area contributed by atoms with Crippen molar-refractivity contribution in [1.82, 2.24) is 0 Å². The zero-order valence-electron chi connectivity index (χ0n) is 11.9. The van der Waals surface area contributed by atoms with Gasteiger partial charge < -0.3 is 0 Å². The number of rotatable bonds is 1. The number of fused-ring (bicyclic) bond motifs is 4. The fraction of sp³-hybridized carbons (Fsp3) is 0.125. The van der Waals surface area contributed by atoms with Crippen LogP contribution in [0.3, 0.4) is 0 Å². The summed E-state index contributed by atoms with van der Waals surface area (Å²) < 4.78 is 0. The summed E-state index contributed by atoms with van der Waals surface area (Å²) in [6, 6.07) is 15.3. The number of halogens is 2. The predicted molar refractivity (Wildman–Crippen MR) is 91.6 cm³/mol. The van der Waals surface area contributed by atoms with Crippen molar-refractivity contribution in [2.24, 2.45) is 0 Å². The Hall–Kier alpha value is -2.22. The molecule has 2 aromatic carbocycles. The Labute approximate surface area is 141 Å². The van der Waals surface area contributed by atoms with Gasteiger partial charge in [0.2, 0.25) is 12.2 Å². The standard InChI is InChI=1S/C14H12.2CHNO.2ClH/c1-2-10-6-5-9-13-11-7-3-4-8-12(11)14(10)13;2*2-1-3;;/h3-9H,2H2,1H3;2*2H;2*1H. The Bertz CT molecular complexity index is 664. The second kappa shape index (κ2) is 11.4. The van der Waals surface area contributed by atoms with Crippen LogP contribution in [0.5, 0.6) is 0 Å². The molecule has 6 heteroatoms. The van der Waals surface area contributed by atoms with Gasteiger partial charge in [-0.05, 0) is 34.2 Å². The van der Waals surface area contributed by atoms with Gasteiger partial charge in [-0.3, -0.25) is 0 Å². The minimum absolute atomic E-state index is 0. The number of isocyanates is 2. The SMILES string of the molecule is CCc1cccc2c1-c1ccccc1-2.Cl.Cl.N=C=O.N=C=O. The van der Waals surface area contributed by atoms with Crippen LogP contribution < -0.4 is 0 Å². The van der Waals surface area contributed by atoms with Crippen molar-refractivity contribution in [1.29, 1.82) is 10.8 Å². The number of carbonyl (C=O) groups excluding carboxylic acids is 2. The van der Waals surface area contributed by atoms with Crippen LogP contribution in [0, 0.1) is 10.8 Å². The molecule has 0 unspecified atom stereocenters. The smallest absolute Gasteiger partial charge is 0.222 e. The normalized spacial score (nSPS) is 8.05. The van der Waals surface area contributed by atoms with Gasteiger partial charge in [0.05, 0.1) is 0 Å². The first-order valence-electron chi connectivity index (χ1n) is 6.04. The Kier molecular flexibility index (Phi) is 11.5. The third-order valence-electron chi connectivity index (χ3n) is 3.02. The van der Waals surface area contributed by atoms with Crippen LogP contribution in [-0.2, 0) is 16.0 Å². The average Bonchev–Trinajstić information content (AvgIpc) is 2.45. The molecule has 0 fully saturated rings. The molecular weight excluding hydrogens is 323 g/mol. The maximum atomic E-state index is 8.35. The van der Waals surface area contributed by atoms with Crippen LogP contribution in [0.1, 0.15) is 12.5 Å². The van der Waals surface area contributed by atoms with Crippen LogP contribution in [-0.4, -0.2) is 12.2 Å². The Balaban J connectivity index is 0. The van der Waals surface area contributed by atoms with Gasteiger partial charge in [0.15, 0.2) is 0 Å². The number of hydrogen-bond donors (Lipinski definition) is 2. The number of hydrogen-bond acceptors (Lipinski definition) is 4. The highest BCUT2D eigenvalue weighted by Crippen LogP contribution is 2.48. The summed E-state index contributed by atoms with van der Waals surface area (Å²) in [5.74, 6) is 0. The van der Waals surface area contributed by atoms with Gasteiger partial charge in [0.1, 0.15) is 0 Å². The molecule has 1 aliphatic carbocycles. The molecular formula is C16H16Cl2N2O2. The van der Waals surface area contributed by atoms with Crippen molar-refractivity contribution in [3.63, 3.8) is 0 Å². The molecule has 4 nitrogen and oxygen atoms in total. The van der Waals surface area contributed by atoms with E-state index in [0.717, 1.165) is 18.6 Å². The fourth-order valence-corrected chi connectivity index (χ4v) is 2.31. The number of benzene rings is 2. The van der Waals surface area contributed by atoms with Crippen molar-refractivity contribution < 1.29 is 9.59 Å². The molecule has 0 radical (unpaired) electrons. The topological polar surface area (TPSA) is 81.8 Å². The van der Waals surface area contributed by atoms with E-state index in [9.17, 15) is 0 Å². The quantitative estimate of drug-likeness (QED) is 0.504. The average molecular weight is 339 g/mol. The Morgan fingerprint density at radius 3 is 1.77 bits per heavy atom. The minimum Gasteiger partial charge on any atom is -0.222 e. The Morgan fingerprint density at radius 1 is 0.818 bits per heavy atom. The van der Waals surface area contributed by atoms with Crippen molar-refractivity contribution in [2.45, 2.75) is 13.3 Å².